The maximum Gasteiger partial charge on any atom is 0.340 e. The molecule has 360 valence electrons. The fourth-order valence-corrected chi connectivity index (χ4v) is 9.07. The second-order valence-corrected chi connectivity index (χ2v) is 16.3. The third kappa shape index (κ3) is 5.84. The van der Waals surface area contributed by atoms with Gasteiger partial charge in [-0.2, -0.15) is 0 Å². The summed E-state index contributed by atoms with van der Waals surface area (Å²) in [7, 11) is 0. The molecule has 0 spiro atoms. The molecule has 5 heterocycles. The summed E-state index contributed by atoms with van der Waals surface area (Å²) >= 11 is 0. The molecule has 7 aliphatic rings. The van der Waals surface area contributed by atoms with Gasteiger partial charge in [0.25, 0.3) is 11.6 Å². The van der Waals surface area contributed by atoms with Crippen LogP contribution in [0, 0.1) is 0 Å². The Morgan fingerprint density at radius 2 is 0.986 bits per heavy atom. The number of fused-ring (bicyclic) bond motifs is 2. The Hall–Kier alpha value is -8.25. The first kappa shape index (κ1) is 44.6. The van der Waals surface area contributed by atoms with Crippen LogP contribution < -0.4 is 9.47 Å². The first-order valence-electron chi connectivity index (χ1n) is 19.6. The van der Waals surface area contributed by atoms with Crippen LogP contribution in [0.4, 0.5) is 0 Å². The van der Waals surface area contributed by atoms with Gasteiger partial charge in [-0.3, -0.25) is 9.59 Å². The molecule has 2 aliphatic carbocycles. The summed E-state index contributed by atoms with van der Waals surface area (Å²) in [6.07, 6.45) is -12.1. The minimum Gasteiger partial charge on any atom is -0.504 e. The Balaban J connectivity index is 1.20. The van der Waals surface area contributed by atoms with Gasteiger partial charge in [0, 0.05) is 11.1 Å². The van der Waals surface area contributed by atoms with Crippen LogP contribution in [0.1, 0.15) is 54.0 Å². The van der Waals surface area contributed by atoms with Crippen LogP contribution in [0.15, 0.2) is 47.6 Å². The third-order valence-electron chi connectivity index (χ3n) is 12.4. The van der Waals surface area contributed by atoms with E-state index in [1.54, 1.807) is 0 Å². The minimum absolute atomic E-state index is 0.217. The van der Waals surface area contributed by atoms with Crippen LogP contribution in [-0.4, -0.2) is 168 Å². The van der Waals surface area contributed by atoms with Crippen molar-refractivity contribution in [3.05, 3.63) is 75.4 Å². The predicted octanol–water partition coefficient (Wildman–Crippen LogP) is -3.85. The van der Waals surface area contributed by atoms with Gasteiger partial charge in [-0.05, 0) is 36.4 Å². The Labute approximate surface area is 378 Å². The van der Waals surface area contributed by atoms with Gasteiger partial charge in [-0.25, -0.2) is 24.0 Å². The second-order valence-electron chi connectivity index (χ2n) is 16.3. The Morgan fingerprint density at radius 3 is 1.48 bits per heavy atom. The van der Waals surface area contributed by atoms with E-state index in [0.717, 1.165) is 0 Å². The lowest BCUT2D eigenvalue weighted by Crippen LogP contribution is -2.70. The van der Waals surface area contributed by atoms with Crippen molar-refractivity contribution in [1.82, 2.24) is 0 Å². The van der Waals surface area contributed by atoms with E-state index >= 15 is 0 Å². The lowest BCUT2D eigenvalue weighted by atomic mass is 9.70. The zero-order chi connectivity index (χ0) is 49.9. The Bertz CT molecular complexity index is 3010. The molecule has 3 aromatic carbocycles. The number of hydrogen-bond donors (Lipinski definition) is 13. The molecule has 3 aromatic rings. The van der Waals surface area contributed by atoms with Crippen LogP contribution in [0.5, 0.6) is 51.7 Å². The number of ether oxygens (including phenoxy) is 8. The van der Waals surface area contributed by atoms with Crippen LogP contribution >= 0.6 is 0 Å². The van der Waals surface area contributed by atoms with Gasteiger partial charge < -0.3 is 104 Å². The number of ketones is 2. The number of carbonyl (C=O) groups excluding carboxylic acids is 7. The first-order valence-corrected chi connectivity index (χ1v) is 19.6. The van der Waals surface area contributed by atoms with Crippen molar-refractivity contribution >= 4 is 41.4 Å². The number of cyclic esters (lactones) is 1. The van der Waals surface area contributed by atoms with E-state index in [0.29, 0.717) is 24.3 Å². The maximum atomic E-state index is 14.7. The zero-order valence-electron chi connectivity index (χ0n) is 33.7. The van der Waals surface area contributed by atoms with Crippen molar-refractivity contribution in [3.63, 3.8) is 0 Å². The molecule has 10 rings (SSSR count). The quantitative estimate of drug-likeness (QED) is 0.0506. The zero-order valence-corrected chi connectivity index (χ0v) is 33.7. The van der Waals surface area contributed by atoms with Crippen LogP contribution in [0.3, 0.4) is 0 Å². The topological polar surface area (TPSA) is 456 Å². The number of esters is 5. The Kier molecular flexibility index (Phi) is 9.14. The van der Waals surface area contributed by atoms with E-state index in [4.69, 9.17) is 37.9 Å². The van der Waals surface area contributed by atoms with Crippen molar-refractivity contribution < 1.29 is 138 Å². The highest BCUT2D eigenvalue weighted by atomic mass is 16.8. The molecule has 28 heteroatoms. The number of aromatic hydroxyl groups is 7. The standard InChI is InChI=1S/C41H28O28/c42-13-1-8(2-14(43)24(13)48)32(51)67-37-31-30-27(64-35(54)11-5-18(46)41(61)39(58,59)23(11)21-10(34(53)66-31)4-16(45)26(50)29(21)69-41)17(63-37)7-62-33(52)9-3-15(44)25(49)28-20(9)22-12(36(55)65-30)6-19(47)40(60,68-28)38(22,56)57/h1-6,17,22-23,27,30-31,37,42-45,48-50,56-61H,7H2/t17-,22?,23+,27-,30-,31-,37+,40?,41+/m1/s1. The van der Waals surface area contributed by atoms with Crippen LogP contribution in [-0.2, 0) is 47.6 Å². The molecule has 1 fully saturated rings. The van der Waals surface area contributed by atoms with E-state index in [-0.39, 0.29) is 12.2 Å². The molecule has 0 amide bonds. The normalized spacial score (nSPS) is 31.2. The van der Waals surface area contributed by atoms with Crippen LogP contribution in [0.2, 0.25) is 0 Å². The van der Waals surface area contributed by atoms with Crippen molar-refractivity contribution in [1.29, 1.82) is 0 Å². The number of phenolic OH excluding ortho intramolecular Hbond substituents is 7. The highest BCUT2D eigenvalue weighted by Gasteiger charge is 2.72. The lowest BCUT2D eigenvalue weighted by molar-refractivity contribution is -0.340. The van der Waals surface area contributed by atoms with Crippen molar-refractivity contribution in [2.24, 2.45) is 0 Å². The fraction of sp³-hybridized carbons (Fsp3) is 0.293. The molecule has 2 unspecified atom stereocenters. The molecule has 0 saturated carbocycles. The largest absolute Gasteiger partial charge is 0.504 e. The summed E-state index contributed by atoms with van der Waals surface area (Å²) in [5.41, 5.74) is -7.28. The highest BCUT2D eigenvalue weighted by Crippen LogP contribution is 2.60. The average Bonchev–Trinajstić information content (AvgIpc) is 3.27. The fourth-order valence-electron chi connectivity index (χ4n) is 9.07. The summed E-state index contributed by atoms with van der Waals surface area (Å²) in [5.74, 6) is -44.5. The monoisotopic (exact) mass is 968 g/mol. The number of aliphatic hydroxyl groups is 6. The highest BCUT2D eigenvalue weighted by molar-refractivity contribution is 6.10. The van der Waals surface area contributed by atoms with E-state index in [1.165, 1.54) is 0 Å². The molecule has 8 bridgehead atoms. The molecular weight excluding hydrogens is 940 g/mol. The maximum absolute atomic E-state index is 14.7. The SMILES string of the molecule is O=C1O[C@H]2[C@H]3OC(=O)c4cc(O)c(O)c5c4[C@@H]4C(=CC(=O)[C@](O)(O5)C4(O)O)C(=O)O[C@@H]2[C@@H](COC(=O)c2cc(O)c(O)c4c2C2C1=CC(=O)C(O)(O4)C2(O)O)O[C@H]3OC(=O)c1cc(O)c(O)c(O)c1. The van der Waals surface area contributed by atoms with Gasteiger partial charge >= 0.3 is 41.4 Å². The van der Waals surface area contributed by atoms with Gasteiger partial charge in [0.05, 0.1) is 39.7 Å². The number of benzene rings is 3. The third-order valence-corrected chi connectivity index (χ3v) is 12.4. The summed E-state index contributed by atoms with van der Waals surface area (Å²) < 4.78 is 44.1. The van der Waals surface area contributed by atoms with Gasteiger partial charge in [0.1, 0.15) is 12.7 Å². The van der Waals surface area contributed by atoms with E-state index in [9.17, 15) is 99.9 Å². The molecule has 0 radical (unpaired) electrons. The smallest absolute Gasteiger partial charge is 0.340 e. The van der Waals surface area contributed by atoms with E-state index in [1.807, 2.05) is 0 Å². The van der Waals surface area contributed by atoms with Crippen molar-refractivity contribution in [2.45, 2.75) is 65.7 Å². The summed E-state index contributed by atoms with van der Waals surface area (Å²) in [5, 5.41) is 142. The number of phenols is 7. The van der Waals surface area contributed by atoms with Gasteiger partial charge in [0.2, 0.25) is 35.5 Å². The number of carbonyl (C=O) groups is 7. The van der Waals surface area contributed by atoms with E-state index in [2.05, 4.69) is 0 Å². The second kappa shape index (κ2) is 14.1. The summed E-state index contributed by atoms with van der Waals surface area (Å²) in [6, 6.07) is 1.96. The summed E-state index contributed by atoms with van der Waals surface area (Å²) in [4.78, 5) is 98.7. The van der Waals surface area contributed by atoms with Gasteiger partial charge in [-0.15, -0.1) is 0 Å². The van der Waals surface area contributed by atoms with Gasteiger partial charge in [-0.1, -0.05) is 0 Å². The summed E-state index contributed by atoms with van der Waals surface area (Å²) in [6.45, 7) is -1.32. The first-order chi connectivity index (χ1) is 32.2. The molecule has 1 saturated heterocycles. The number of hydrogen-bond acceptors (Lipinski definition) is 28. The predicted molar refractivity (Wildman–Crippen MR) is 201 cm³/mol. The molecule has 9 atom stereocenters. The molecule has 28 nitrogen and oxygen atoms in total. The molecular formula is C41H28O28. The molecule has 5 aliphatic heterocycles. The minimum atomic E-state index is -4.02. The van der Waals surface area contributed by atoms with Crippen molar-refractivity contribution in [3.8, 4) is 51.7 Å². The molecule has 13 N–H and O–H groups in total. The van der Waals surface area contributed by atoms with Crippen LogP contribution in [0.25, 0.3) is 0 Å². The van der Waals surface area contributed by atoms with E-state index < -0.39 is 204 Å². The van der Waals surface area contributed by atoms with Gasteiger partial charge in [0.15, 0.2) is 52.5 Å². The van der Waals surface area contributed by atoms with Crippen molar-refractivity contribution in [2.75, 3.05) is 6.61 Å². The number of rotatable bonds is 2. The average molecular weight is 969 g/mol. The molecule has 69 heavy (non-hydrogen) atoms. The Morgan fingerprint density at radius 1 is 0.551 bits per heavy atom. The molecule has 0 aromatic heterocycles. The lowest BCUT2D eigenvalue weighted by Gasteiger charge is -2.50.